The fraction of sp³-hybridized carbons (Fsp3) is 0.500. The maximum absolute atomic E-state index is 10.7. The van der Waals surface area contributed by atoms with Gasteiger partial charge in [0, 0.05) is 6.42 Å². The van der Waals surface area contributed by atoms with Gasteiger partial charge in [-0.3, -0.25) is 0 Å². The van der Waals surface area contributed by atoms with Crippen LogP contribution in [0, 0.1) is 19.8 Å². The Bertz CT molecular complexity index is 364. The van der Waals surface area contributed by atoms with Crippen LogP contribution in [-0.2, 0) is 4.79 Å². The van der Waals surface area contributed by atoms with Crippen molar-refractivity contribution >= 4 is 6.29 Å². The number of aldehydes is 1. The largest absolute Gasteiger partial charge is 0.303 e. The third kappa shape index (κ3) is 2.28. The summed E-state index contributed by atoms with van der Waals surface area (Å²) in [5.74, 6) is 1.23. The lowest BCUT2D eigenvalue weighted by molar-refractivity contribution is -0.108. The van der Waals surface area contributed by atoms with Crippen molar-refractivity contribution in [1.82, 2.24) is 0 Å². The quantitative estimate of drug-likeness (QED) is 0.684. The van der Waals surface area contributed by atoms with Gasteiger partial charge >= 0.3 is 0 Å². The van der Waals surface area contributed by atoms with E-state index >= 15 is 0 Å². The fourth-order valence-corrected chi connectivity index (χ4v) is 2.33. The SMILES string of the molecule is Cc1ccc(C)c(C(CC=O)C2CC2)c1. The molecule has 1 aromatic rings. The first-order valence-electron chi connectivity index (χ1n) is 5.73. The van der Waals surface area contributed by atoms with Crippen LogP contribution in [0.1, 0.15) is 41.9 Å². The van der Waals surface area contributed by atoms with Gasteiger partial charge in [-0.15, -0.1) is 0 Å². The van der Waals surface area contributed by atoms with Gasteiger partial charge in [-0.1, -0.05) is 23.8 Å². The smallest absolute Gasteiger partial charge is 0.120 e. The van der Waals surface area contributed by atoms with Crippen LogP contribution >= 0.6 is 0 Å². The van der Waals surface area contributed by atoms with Crippen LogP contribution in [-0.4, -0.2) is 6.29 Å². The van der Waals surface area contributed by atoms with Gasteiger partial charge in [-0.05, 0) is 49.7 Å². The molecule has 0 heterocycles. The lowest BCUT2D eigenvalue weighted by atomic mass is 9.87. The minimum atomic E-state index is 0.474. The summed E-state index contributed by atoms with van der Waals surface area (Å²) in [6.07, 6.45) is 4.36. The molecule has 1 atom stereocenters. The maximum atomic E-state index is 10.7. The molecule has 1 aromatic carbocycles. The van der Waals surface area contributed by atoms with Crippen LogP contribution in [0.5, 0.6) is 0 Å². The predicted molar refractivity (Wildman–Crippen MR) is 62.1 cm³/mol. The van der Waals surface area contributed by atoms with Crippen molar-refractivity contribution in [2.24, 2.45) is 5.92 Å². The summed E-state index contributed by atoms with van der Waals surface area (Å²) in [5, 5.41) is 0. The number of carbonyl (C=O) groups excluding carboxylic acids is 1. The van der Waals surface area contributed by atoms with Gasteiger partial charge in [0.25, 0.3) is 0 Å². The van der Waals surface area contributed by atoms with Crippen molar-refractivity contribution in [3.63, 3.8) is 0 Å². The van der Waals surface area contributed by atoms with Crippen molar-refractivity contribution in [3.05, 3.63) is 34.9 Å². The first kappa shape index (κ1) is 10.4. The standard InChI is InChI=1S/C14H18O/c1-10-3-4-11(2)14(9-10)13(7-8-15)12-5-6-12/h3-4,8-9,12-13H,5-7H2,1-2H3. The number of benzene rings is 1. The van der Waals surface area contributed by atoms with Gasteiger partial charge in [-0.2, -0.15) is 0 Å². The predicted octanol–water partition coefficient (Wildman–Crippen LogP) is 3.39. The van der Waals surface area contributed by atoms with E-state index in [1.807, 2.05) is 0 Å². The summed E-state index contributed by atoms with van der Waals surface area (Å²) in [6.45, 7) is 4.27. The molecule has 0 aliphatic heterocycles. The fourth-order valence-electron chi connectivity index (χ4n) is 2.33. The number of rotatable bonds is 4. The second-order valence-electron chi connectivity index (χ2n) is 4.71. The molecular weight excluding hydrogens is 184 g/mol. The van der Waals surface area contributed by atoms with Gasteiger partial charge in [-0.25, -0.2) is 0 Å². The van der Waals surface area contributed by atoms with E-state index in [0.29, 0.717) is 12.3 Å². The topological polar surface area (TPSA) is 17.1 Å². The van der Waals surface area contributed by atoms with Crippen LogP contribution < -0.4 is 0 Å². The van der Waals surface area contributed by atoms with E-state index in [1.54, 1.807) is 0 Å². The van der Waals surface area contributed by atoms with Gasteiger partial charge in [0.05, 0.1) is 0 Å². The normalized spacial score (nSPS) is 17.5. The number of carbonyl (C=O) groups is 1. The molecule has 1 nitrogen and oxygen atoms in total. The van der Waals surface area contributed by atoms with Crippen LogP contribution in [0.2, 0.25) is 0 Å². The van der Waals surface area contributed by atoms with E-state index in [-0.39, 0.29) is 0 Å². The highest BCUT2D eigenvalue weighted by Crippen LogP contribution is 2.45. The molecular formula is C14H18O. The Hall–Kier alpha value is -1.11. The molecule has 0 aromatic heterocycles. The summed E-state index contributed by atoms with van der Waals surface area (Å²) >= 11 is 0. The summed E-state index contributed by atoms with van der Waals surface area (Å²) < 4.78 is 0. The van der Waals surface area contributed by atoms with E-state index in [4.69, 9.17) is 0 Å². The Balaban J connectivity index is 2.31. The van der Waals surface area contributed by atoms with Crippen molar-refractivity contribution in [1.29, 1.82) is 0 Å². The molecule has 1 aliphatic carbocycles. The average Bonchev–Trinajstić information content (AvgIpc) is 3.02. The summed E-state index contributed by atoms with van der Waals surface area (Å²) in [4.78, 5) is 10.7. The highest BCUT2D eigenvalue weighted by atomic mass is 16.1. The lowest BCUT2D eigenvalue weighted by Gasteiger charge is -2.17. The zero-order valence-electron chi connectivity index (χ0n) is 9.49. The molecule has 15 heavy (non-hydrogen) atoms. The Morgan fingerprint density at radius 1 is 1.40 bits per heavy atom. The molecule has 0 saturated heterocycles. The van der Waals surface area contributed by atoms with Crippen LogP contribution in [0.3, 0.4) is 0 Å². The highest BCUT2D eigenvalue weighted by molar-refractivity contribution is 5.53. The minimum Gasteiger partial charge on any atom is -0.303 e. The number of aryl methyl sites for hydroxylation is 2. The zero-order chi connectivity index (χ0) is 10.8. The van der Waals surface area contributed by atoms with Crippen molar-refractivity contribution < 1.29 is 4.79 Å². The summed E-state index contributed by atoms with van der Waals surface area (Å²) in [5.41, 5.74) is 4.02. The maximum Gasteiger partial charge on any atom is 0.120 e. The molecule has 1 unspecified atom stereocenters. The molecule has 1 heteroatoms. The molecule has 2 rings (SSSR count). The Kier molecular flexibility index (Phi) is 2.90. The van der Waals surface area contributed by atoms with Crippen LogP contribution in [0.4, 0.5) is 0 Å². The first-order valence-corrected chi connectivity index (χ1v) is 5.73. The lowest BCUT2D eigenvalue weighted by Crippen LogP contribution is -2.04. The molecule has 1 fully saturated rings. The second kappa shape index (κ2) is 4.18. The summed E-state index contributed by atoms with van der Waals surface area (Å²) in [6, 6.07) is 6.57. The van der Waals surface area contributed by atoms with Crippen molar-refractivity contribution in [2.45, 2.75) is 39.0 Å². The van der Waals surface area contributed by atoms with E-state index < -0.39 is 0 Å². The Morgan fingerprint density at radius 3 is 2.73 bits per heavy atom. The Labute approximate surface area is 91.5 Å². The summed E-state index contributed by atoms with van der Waals surface area (Å²) in [7, 11) is 0. The van der Waals surface area contributed by atoms with E-state index in [0.717, 1.165) is 12.2 Å². The number of hydrogen-bond donors (Lipinski definition) is 0. The molecule has 1 saturated carbocycles. The minimum absolute atomic E-state index is 0.474. The van der Waals surface area contributed by atoms with Crippen LogP contribution in [0.15, 0.2) is 18.2 Å². The first-order chi connectivity index (χ1) is 7.22. The number of hydrogen-bond acceptors (Lipinski definition) is 1. The van der Waals surface area contributed by atoms with E-state index in [2.05, 4.69) is 32.0 Å². The van der Waals surface area contributed by atoms with Gasteiger partial charge in [0.2, 0.25) is 0 Å². The van der Waals surface area contributed by atoms with Gasteiger partial charge < -0.3 is 4.79 Å². The molecule has 0 N–H and O–H groups in total. The monoisotopic (exact) mass is 202 g/mol. The Morgan fingerprint density at radius 2 is 2.13 bits per heavy atom. The molecule has 80 valence electrons. The third-order valence-corrected chi connectivity index (χ3v) is 3.38. The molecule has 0 amide bonds. The zero-order valence-corrected chi connectivity index (χ0v) is 9.49. The molecule has 0 spiro atoms. The van der Waals surface area contributed by atoms with Crippen LogP contribution in [0.25, 0.3) is 0 Å². The second-order valence-corrected chi connectivity index (χ2v) is 4.71. The van der Waals surface area contributed by atoms with E-state index in [1.165, 1.54) is 29.5 Å². The van der Waals surface area contributed by atoms with Gasteiger partial charge in [0.1, 0.15) is 6.29 Å². The highest BCUT2D eigenvalue weighted by Gasteiger charge is 2.32. The molecule has 0 bridgehead atoms. The average molecular weight is 202 g/mol. The van der Waals surface area contributed by atoms with Crippen molar-refractivity contribution in [3.8, 4) is 0 Å². The molecule has 0 radical (unpaired) electrons. The van der Waals surface area contributed by atoms with E-state index in [9.17, 15) is 4.79 Å². The molecule has 1 aliphatic rings. The van der Waals surface area contributed by atoms with Crippen molar-refractivity contribution in [2.75, 3.05) is 0 Å². The third-order valence-electron chi connectivity index (χ3n) is 3.38. The van der Waals surface area contributed by atoms with Gasteiger partial charge in [0.15, 0.2) is 0 Å².